The summed E-state index contributed by atoms with van der Waals surface area (Å²) in [5.41, 5.74) is 0.682. The van der Waals surface area contributed by atoms with Gasteiger partial charge in [0.2, 0.25) is 0 Å². The summed E-state index contributed by atoms with van der Waals surface area (Å²) in [6.45, 7) is 7.26. The summed E-state index contributed by atoms with van der Waals surface area (Å²) >= 11 is 0. The third kappa shape index (κ3) is 4.00. The van der Waals surface area contributed by atoms with Gasteiger partial charge in [-0.25, -0.2) is 0 Å². The Hall–Kier alpha value is -0.900. The molecule has 4 heteroatoms. The molecular formula is C11H21N3O. The van der Waals surface area contributed by atoms with Gasteiger partial charge in [-0.1, -0.05) is 26.0 Å². The number of aliphatic hydroxyl groups is 1. The number of aliphatic hydroxyl groups excluding tert-OH is 1. The van der Waals surface area contributed by atoms with E-state index in [-0.39, 0.29) is 0 Å². The Bertz CT molecular complexity index is 283. The average molecular weight is 211 g/mol. The highest BCUT2D eigenvalue weighted by molar-refractivity contribution is 4.96. The monoisotopic (exact) mass is 211 g/mol. The fraction of sp³-hybridized carbons (Fsp3) is 0.818. The van der Waals surface area contributed by atoms with Gasteiger partial charge >= 0.3 is 0 Å². The van der Waals surface area contributed by atoms with Crippen molar-refractivity contribution in [2.45, 2.75) is 52.7 Å². The van der Waals surface area contributed by atoms with Crippen LogP contribution in [0.15, 0.2) is 6.20 Å². The molecule has 15 heavy (non-hydrogen) atoms. The van der Waals surface area contributed by atoms with Crippen LogP contribution in [-0.2, 0) is 6.54 Å². The maximum absolute atomic E-state index is 9.54. The van der Waals surface area contributed by atoms with Gasteiger partial charge in [-0.2, -0.15) is 0 Å². The van der Waals surface area contributed by atoms with Crippen LogP contribution in [0.4, 0.5) is 0 Å². The summed E-state index contributed by atoms with van der Waals surface area (Å²) in [5.74, 6) is 0.731. The summed E-state index contributed by atoms with van der Waals surface area (Å²) in [6.07, 6.45) is 4.37. The highest BCUT2D eigenvalue weighted by Crippen LogP contribution is 2.12. The van der Waals surface area contributed by atoms with Gasteiger partial charge in [0.1, 0.15) is 5.69 Å². The van der Waals surface area contributed by atoms with Gasteiger partial charge in [-0.15, -0.1) is 5.10 Å². The number of nitrogens with zero attached hydrogens (tertiary/aromatic N) is 3. The molecule has 1 rings (SSSR count). The Morgan fingerprint density at radius 2 is 2.20 bits per heavy atom. The van der Waals surface area contributed by atoms with Gasteiger partial charge in [-0.3, -0.25) is 4.68 Å². The van der Waals surface area contributed by atoms with E-state index in [4.69, 9.17) is 0 Å². The van der Waals surface area contributed by atoms with Crippen molar-refractivity contribution in [3.8, 4) is 0 Å². The molecule has 4 nitrogen and oxygen atoms in total. The lowest BCUT2D eigenvalue weighted by molar-refractivity contribution is 0.168. The van der Waals surface area contributed by atoms with Gasteiger partial charge in [0.25, 0.3) is 0 Å². The van der Waals surface area contributed by atoms with E-state index < -0.39 is 6.10 Å². The number of aromatic nitrogens is 3. The molecule has 0 saturated carbocycles. The molecule has 0 spiro atoms. The van der Waals surface area contributed by atoms with Crippen LogP contribution in [0.25, 0.3) is 0 Å². The predicted octanol–water partition coefficient (Wildman–Crippen LogP) is 2.16. The zero-order valence-corrected chi connectivity index (χ0v) is 9.85. The van der Waals surface area contributed by atoms with Crippen LogP contribution in [0, 0.1) is 5.92 Å². The molecule has 1 N–H and O–H groups in total. The molecule has 1 atom stereocenters. The van der Waals surface area contributed by atoms with Crippen molar-refractivity contribution < 1.29 is 5.11 Å². The third-order valence-corrected chi connectivity index (χ3v) is 2.45. The molecule has 0 aliphatic rings. The van der Waals surface area contributed by atoms with Crippen molar-refractivity contribution >= 4 is 0 Å². The molecular weight excluding hydrogens is 190 g/mol. The number of hydrogen-bond donors (Lipinski definition) is 1. The van der Waals surface area contributed by atoms with Crippen LogP contribution in [0.3, 0.4) is 0 Å². The minimum absolute atomic E-state index is 0.469. The standard InChI is InChI=1S/C11H21N3O/c1-4-11(15)10-8-14(13-12-10)7-5-6-9(2)3/h8-9,11,15H,4-7H2,1-3H3. The van der Waals surface area contributed by atoms with Crippen molar-refractivity contribution in [2.24, 2.45) is 5.92 Å². The fourth-order valence-corrected chi connectivity index (χ4v) is 1.45. The maximum Gasteiger partial charge on any atom is 0.111 e. The van der Waals surface area contributed by atoms with Gasteiger partial charge in [0.05, 0.1) is 12.3 Å². The van der Waals surface area contributed by atoms with Crippen molar-refractivity contribution in [1.29, 1.82) is 0 Å². The quantitative estimate of drug-likeness (QED) is 0.784. The molecule has 1 aromatic rings. The van der Waals surface area contributed by atoms with E-state index in [1.165, 1.54) is 6.42 Å². The lowest BCUT2D eigenvalue weighted by Crippen LogP contribution is -2.00. The Morgan fingerprint density at radius 1 is 1.47 bits per heavy atom. The van der Waals surface area contributed by atoms with Crippen LogP contribution in [-0.4, -0.2) is 20.1 Å². The SMILES string of the molecule is CCC(O)c1cn(CCCC(C)C)nn1. The lowest BCUT2D eigenvalue weighted by atomic mass is 10.1. The molecule has 0 bridgehead atoms. The van der Waals surface area contributed by atoms with E-state index in [1.807, 2.05) is 17.8 Å². The lowest BCUT2D eigenvalue weighted by Gasteiger charge is -2.03. The zero-order valence-electron chi connectivity index (χ0n) is 9.85. The summed E-state index contributed by atoms with van der Waals surface area (Å²) < 4.78 is 1.82. The van der Waals surface area contributed by atoms with E-state index >= 15 is 0 Å². The smallest absolute Gasteiger partial charge is 0.111 e. The minimum atomic E-state index is -0.469. The molecule has 1 unspecified atom stereocenters. The predicted molar refractivity (Wildman–Crippen MR) is 59.3 cm³/mol. The zero-order chi connectivity index (χ0) is 11.3. The first-order chi connectivity index (χ1) is 7.13. The molecule has 1 aromatic heterocycles. The first-order valence-corrected chi connectivity index (χ1v) is 5.71. The highest BCUT2D eigenvalue weighted by atomic mass is 16.3. The van der Waals surface area contributed by atoms with E-state index in [2.05, 4.69) is 24.2 Å². The second-order valence-corrected chi connectivity index (χ2v) is 4.37. The number of rotatable bonds is 6. The van der Waals surface area contributed by atoms with E-state index in [0.29, 0.717) is 12.1 Å². The van der Waals surface area contributed by atoms with Crippen LogP contribution in [0.2, 0.25) is 0 Å². The highest BCUT2D eigenvalue weighted by Gasteiger charge is 2.09. The molecule has 0 aliphatic carbocycles. The average Bonchev–Trinajstić information content (AvgIpc) is 2.65. The Balaban J connectivity index is 2.39. The van der Waals surface area contributed by atoms with Crippen LogP contribution in [0.1, 0.15) is 51.8 Å². The summed E-state index contributed by atoms with van der Waals surface area (Å²) in [7, 11) is 0. The van der Waals surface area contributed by atoms with Gasteiger partial charge in [0.15, 0.2) is 0 Å². The second-order valence-electron chi connectivity index (χ2n) is 4.37. The van der Waals surface area contributed by atoms with E-state index in [0.717, 1.165) is 18.9 Å². The van der Waals surface area contributed by atoms with Gasteiger partial charge < -0.3 is 5.11 Å². The first kappa shape index (κ1) is 12.2. The molecule has 0 fully saturated rings. The Labute approximate surface area is 91.3 Å². The van der Waals surface area contributed by atoms with Gasteiger partial charge in [0, 0.05) is 6.54 Å². The Kier molecular flexibility index (Phi) is 4.75. The van der Waals surface area contributed by atoms with Crippen molar-refractivity contribution in [1.82, 2.24) is 15.0 Å². The number of aryl methyl sites for hydroxylation is 1. The maximum atomic E-state index is 9.54. The molecule has 0 saturated heterocycles. The largest absolute Gasteiger partial charge is 0.387 e. The molecule has 0 radical (unpaired) electrons. The minimum Gasteiger partial charge on any atom is -0.387 e. The molecule has 86 valence electrons. The van der Waals surface area contributed by atoms with Crippen LogP contribution >= 0.6 is 0 Å². The van der Waals surface area contributed by atoms with Crippen molar-refractivity contribution in [2.75, 3.05) is 0 Å². The molecule has 1 heterocycles. The van der Waals surface area contributed by atoms with Gasteiger partial charge in [-0.05, 0) is 25.2 Å². The summed E-state index contributed by atoms with van der Waals surface area (Å²) in [5, 5.41) is 17.5. The van der Waals surface area contributed by atoms with E-state index in [1.54, 1.807) is 0 Å². The third-order valence-electron chi connectivity index (χ3n) is 2.45. The Morgan fingerprint density at radius 3 is 2.80 bits per heavy atom. The van der Waals surface area contributed by atoms with Crippen molar-refractivity contribution in [3.05, 3.63) is 11.9 Å². The van der Waals surface area contributed by atoms with E-state index in [9.17, 15) is 5.11 Å². The normalized spacial score (nSPS) is 13.4. The molecule has 0 aliphatic heterocycles. The first-order valence-electron chi connectivity index (χ1n) is 5.71. The second kappa shape index (κ2) is 5.85. The van der Waals surface area contributed by atoms with Crippen LogP contribution in [0.5, 0.6) is 0 Å². The summed E-state index contributed by atoms with van der Waals surface area (Å²) in [6, 6.07) is 0. The molecule has 0 aromatic carbocycles. The fourth-order valence-electron chi connectivity index (χ4n) is 1.45. The number of hydrogen-bond acceptors (Lipinski definition) is 3. The molecule has 0 amide bonds. The van der Waals surface area contributed by atoms with Crippen LogP contribution < -0.4 is 0 Å². The summed E-state index contributed by atoms with van der Waals surface area (Å²) in [4.78, 5) is 0. The van der Waals surface area contributed by atoms with Crippen molar-refractivity contribution in [3.63, 3.8) is 0 Å². The topological polar surface area (TPSA) is 50.9 Å².